The fraction of sp³-hybridized carbons (Fsp3) is 0.409. The molecule has 1 heterocycles. The average Bonchev–Trinajstić information content (AvgIpc) is 2.68. The van der Waals surface area contributed by atoms with Gasteiger partial charge in [0, 0.05) is 31.2 Å². The fourth-order valence-corrected chi connectivity index (χ4v) is 3.52. The van der Waals surface area contributed by atoms with E-state index in [1.165, 1.54) is 11.1 Å². The third-order valence-electron chi connectivity index (χ3n) is 5.22. The fourth-order valence-electron chi connectivity index (χ4n) is 3.52. The van der Waals surface area contributed by atoms with Crippen LogP contribution in [0.15, 0.2) is 48.5 Å². The number of rotatable bonds is 6. The summed E-state index contributed by atoms with van der Waals surface area (Å²) in [7, 11) is 1.65. The van der Waals surface area contributed by atoms with Crippen molar-refractivity contribution in [2.24, 2.45) is 0 Å². The molecule has 4 heteroatoms. The highest BCUT2D eigenvalue weighted by Crippen LogP contribution is 2.20. The summed E-state index contributed by atoms with van der Waals surface area (Å²) in [6.07, 6.45) is 2.42. The van der Waals surface area contributed by atoms with Gasteiger partial charge in [-0.15, -0.1) is 0 Å². The Morgan fingerprint density at radius 1 is 1.08 bits per heavy atom. The van der Waals surface area contributed by atoms with Crippen LogP contribution in [-0.2, 0) is 17.8 Å². The molecular formula is C22H28N2O2. The summed E-state index contributed by atoms with van der Waals surface area (Å²) in [5.74, 6) is 0.975. The van der Waals surface area contributed by atoms with Gasteiger partial charge < -0.3 is 15.0 Å². The Balaban J connectivity index is 1.47. The Morgan fingerprint density at radius 2 is 1.73 bits per heavy atom. The number of benzene rings is 2. The second-order valence-corrected chi connectivity index (χ2v) is 6.95. The van der Waals surface area contributed by atoms with E-state index in [2.05, 4.69) is 36.5 Å². The minimum Gasteiger partial charge on any atom is -0.496 e. The molecule has 138 valence electrons. The number of hydrogen-bond donors (Lipinski definition) is 1. The number of hydrogen-bond acceptors (Lipinski definition) is 3. The van der Waals surface area contributed by atoms with Crippen LogP contribution in [0, 0.1) is 6.92 Å². The van der Waals surface area contributed by atoms with Crippen LogP contribution in [-0.4, -0.2) is 37.0 Å². The number of aryl methyl sites for hydroxylation is 1. The molecule has 0 unspecified atom stereocenters. The largest absolute Gasteiger partial charge is 0.496 e. The molecule has 0 saturated carbocycles. The Morgan fingerprint density at radius 3 is 2.42 bits per heavy atom. The van der Waals surface area contributed by atoms with E-state index in [0.29, 0.717) is 12.5 Å². The van der Waals surface area contributed by atoms with Gasteiger partial charge in [0.05, 0.1) is 13.5 Å². The average molecular weight is 352 g/mol. The first-order chi connectivity index (χ1) is 12.7. The molecule has 1 N–H and O–H groups in total. The summed E-state index contributed by atoms with van der Waals surface area (Å²) in [6.45, 7) is 4.68. The van der Waals surface area contributed by atoms with E-state index in [0.717, 1.165) is 43.8 Å². The lowest BCUT2D eigenvalue weighted by Crippen LogP contribution is -2.45. The third kappa shape index (κ3) is 4.64. The first kappa shape index (κ1) is 18.5. The highest BCUT2D eigenvalue weighted by atomic mass is 16.5. The van der Waals surface area contributed by atoms with Gasteiger partial charge in [0.1, 0.15) is 5.75 Å². The molecule has 1 fully saturated rings. The molecule has 3 rings (SSSR count). The van der Waals surface area contributed by atoms with Gasteiger partial charge in [0.25, 0.3) is 0 Å². The quantitative estimate of drug-likeness (QED) is 0.867. The number of piperidine rings is 1. The van der Waals surface area contributed by atoms with Gasteiger partial charge in [-0.25, -0.2) is 0 Å². The van der Waals surface area contributed by atoms with E-state index in [1.54, 1.807) is 7.11 Å². The van der Waals surface area contributed by atoms with Crippen LogP contribution >= 0.6 is 0 Å². The molecule has 0 atom stereocenters. The molecule has 0 spiro atoms. The van der Waals surface area contributed by atoms with E-state index in [9.17, 15) is 4.79 Å². The molecular weight excluding hydrogens is 324 g/mol. The van der Waals surface area contributed by atoms with Crippen molar-refractivity contribution in [1.82, 2.24) is 10.2 Å². The molecule has 0 radical (unpaired) electrons. The third-order valence-corrected chi connectivity index (χ3v) is 5.22. The first-order valence-electron chi connectivity index (χ1n) is 9.35. The Labute approximate surface area is 156 Å². The summed E-state index contributed by atoms with van der Waals surface area (Å²) >= 11 is 0. The zero-order valence-electron chi connectivity index (χ0n) is 15.7. The van der Waals surface area contributed by atoms with Crippen LogP contribution in [0.4, 0.5) is 0 Å². The van der Waals surface area contributed by atoms with Gasteiger partial charge in [-0.2, -0.15) is 0 Å². The topological polar surface area (TPSA) is 41.6 Å². The molecule has 2 aromatic rings. The van der Waals surface area contributed by atoms with Gasteiger partial charge in [-0.05, 0) is 37.0 Å². The minimum atomic E-state index is 0.187. The van der Waals surface area contributed by atoms with Crippen LogP contribution in [0.1, 0.15) is 29.5 Å². The number of likely N-dealkylation sites (tertiary alicyclic amines) is 1. The molecule has 1 aliphatic rings. The SMILES string of the molecule is COc1ccccc1CC(=O)N1CCC(NCc2ccccc2C)CC1. The van der Waals surface area contributed by atoms with Gasteiger partial charge in [0.15, 0.2) is 0 Å². The molecule has 2 aromatic carbocycles. The molecule has 1 amide bonds. The van der Waals surface area contributed by atoms with E-state index >= 15 is 0 Å². The van der Waals surface area contributed by atoms with E-state index < -0.39 is 0 Å². The Hall–Kier alpha value is -2.33. The van der Waals surface area contributed by atoms with Gasteiger partial charge in [0.2, 0.25) is 5.91 Å². The van der Waals surface area contributed by atoms with Crippen LogP contribution in [0.5, 0.6) is 5.75 Å². The number of nitrogens with one attached hydrogen (secondary N) is 1. The first-order valence-corrected chi connectivity index (χ1v) is 9.35. The lowest BCUT2D eigenvalue weighted by Gasteiger charge is -2.33. The summed E-state index contributed by atoms with van der Waals surface area (Å²) in [5.41, 5.74) is 3.63. The lowest BCUT2D eigenvalue weighted by molar-refractivity contribution is -0.131. The second kappa shape index (κ2) is 8.86. The highest BCUT2D eigenvalue weighted by molar-refractivity contribution is 5.79. The van der Waals surface area contributed by atoms with Crippen molar-refractivity contribution in [2.45, 2.75) is 38.8 Å². The molecule has 1 aliphatic heterocycles. The summed E-state index contributed by atoms with van der Waals surface area (Å²) in [5, 5.41) is 3.65. The number of nitrogens with zero attached hydrogens (tertiary/aromatic N) is 1. The number of para-hydroxylation sites is 1. The van der Waals surface area contributed by atoms with Crippen molar-refractivity contribution in [3.05, 3.63) is 65.2 Å². The van der Waals surface area contributed by atoms with Crippen molar-refractivity contribution in [1.29, 1.82) is 0 Å². The molecule has 0 aliphatic carbocycles. The van der Waals surface area contributed by atoms with Crippen LogP contribution < -0.4 is 10.1 Å². The predicted octanol–water partition coefficient (Wildman–Crippen LogP) is 3.33. The van der Waals surface area contributed by atoms with Gasteiger partial charge in [-0.3, -0.25) is 4.79 Å². The van der Waals surface area contributed by atoms with Crippen molar-refractivity contribution in [2.75, 3.05) is 20.2 Å². The number of amides is 1. The summed E-state index contributed by atoms with van der Waals surface area (Å²) in [4.78, 5) is 14.6. The van der Waals surface area contributed by atoms with Crippen LogP contribution in [0.2, 0.25) is 0 Å². The summed E-state index contributed by atoms with van der Waals surface area (Å²) < 4.78 is 5.35. The van der Waals surface area contributed by atoms with E-state index in [-0.39, 0.29) is 5.91 Å². The van der Waals surface area contributed by atoms with Gasteiger partial charge in [-0.1, -0.05) is 42.5 Å². The molecule has 4 nitrogen and oxygen atoms in total. The summed E-state index contributed by atoms with van der Waals surface area (Å²) in [6, 6.07) is 16.7. The molecule has 0 aromatic heterocycles. The number of ether oxygens (including phenoxy) is 1. The Kier molecular flexibility index (Phi) is 6.29. The van der Waals surface area contributed by atoms with Crippen molar-refractivity contribution in [3.8, 4) is 5.75 Å². The predicted molar refractivity (Wildman–Crippen MR) is 104 cm³/mol. The Bertz CT molecular complexity index is 736. The molecule has 1 saturated heterocycles. The van der Waals surface area contributed by atoms with E-state index in [1.807, 2.05) is 29.2 Å². The number of methoxy groups -OCH3 is 1. The van der Waals surface area contributed by atoms with E-state index in [4.69, 9.17) is 4.74 Å². The maximum absolute atomic E-state index is 12.6. The maximum Gasteiger partial charge on any atom is 0.227 e. The highest BCUT2D eigenvalue weighted by Gasteiger charge is 2.23. The zero-order valence-corrected chi connectivity index (χ0v) is 15.7. The van der Waals surface area contributed by atoms with Crippen molar-refractivity contribution < 1.29 is 9.53 Å². The number of carbonyl (C=O) groups is 1. The van der Waals surface area contributed by atoms with Crippen molar-refractivity contribution in [3.63, 3.8) is 0 Å². The monoisotopic (exact) mass is 352 g/mol. The zero-order chi connectivity index (χ0) is 18.4. The standard InChI is InChI=1S/C22H28N2O2/c1-17-7-3-4-9-19(17)16-23-20-11-13-24(14-12-20)22(25)15-18-8-5-6-10-21(18)26-2/h3-10,20,23H,11-16H2,1-2H3. The molecule has 0 bridgehead atoms. The number of carbonyl (C=O) groups excluding carboxylic acids is 1. The normalized spacial score (nSPS) is 15.1. The minimum absolute atomic E-state index is 0.187. The smallest absolute Gasteiger partial charge is 0.227 e. The van der Waals surface area contributed by atoms with Crippen LogP contribution in [0.25, 0.3) is 0 Å². The molecule has 26 heavy (non-hydrogen) atoms. The van der Waals surface area contributed by atoms with Gasteiger partial charge >= 0.3 is 0 Å². The lowest BCUT2D eigenvalue weighted by atomic mass is 10.0. The van der Waals surface area contributed by atoms with Crippen molar-refractivity contribution >= 4 is 5.91 Å². The van der Waals surface area contributed by atoms with Crippen LogP contribution in [0.3, 0.4) is 0 Å². The maximum atomic E-state index is 12.6. The second-order valence-electron chi connectivity index (χ2n) is 6.95.